The molecule has 2 aromatic heterocycles. The van der Waals surface area contributed by atoms with Gasteiger partial charge in [-0.05, 0) is 53.9 Å². The van der Waals surface area contributed by atoms with Crippen LogP contribution in [0.3, 0.4) is 0 Å². The highest BCUT2D eigenvalue weighted by molar-refractivity contribution is 5.92. The lowest BCUT2D eigenvalue weighted by molar-refractivity contribution is -0.633. The molecule has 0 aliphatic rings. The molecule has 2 heterocycles. The molecule has 0 saturated heterocycles. The van der Waals surface area contributed by atoms with E-state index in [1.807, 2.05) is 12.1 Å². The quantitative estimate of drug-likeness (QED) is 0.320. The summed E-state index contributed by atoms with van der Waals surface area (Å²) in [5, 5.41) is 0. The molecule has 32 heavy (non-hydrogen) atoms. The van der Waals surface area contributed by atoms with E-state index in [0.717, 1.165) is 44.8 Å². The number of nitrogens with zero attached hydrogens (tertiary/aromatic N) is 3. The first-order valence-corrected chi connectivity index (χ1v) is 10.7. The van der Waals surface area contributed by atoms with Crippen molar-refractivity contribution in [2.24, 2.45) is 7.05 Å². The van der Waals surface area contributed by atoms with Crippen LogP contribution in [0.1, 0.15) is 5.56 Å². The Morgan fingerprint density at radius 2 is 1.50 bits per heavy atom. The van der Waals surface area contributed by atoms with Crippen molar-refractivity contribution < 1.29 is 8.98 Å². The molecule has 0 unspecified atom stereocenters. The normalized spacial score (nSPS) is 11.4. The Morgan fingerprint density at radius 1 is 0.781 bits per heavy atom. The van der Waals surface area contributed by atoms with E-state index in [0.29, 0.717) is 0 Å². The summed E-state index contributed by atoms with van der Waals surface area (Å²) >= 11 is 0. The first kappa shape index (κ1) is 18.6. The maximum Gasteiger partial charge on any atom is 0.299 e. The van der Waals surface area contributed by atoms with Crippen molar-refractivity contribution in [2.75, 3.05) is 0 Å². The van der Waals surface area contributed by atoms with E-state index >= 15 is 0 Å². The molecular formula is C28H22N3O+. The van der Waals surface area contributed by atoms with Gasteiger partial charge in [0.1, 0.15) is 16.8 Å². The summed E-state index contributed by atoms with van der Waals surface area (Å²) in [5.41, 5.74) is 9.70. The van der Waals surface area contributed by atoms with Crippen molar-refractivity contribution in [3.63, 3.8) is 0 Å². The third kappa shape index (κ3) is 2.77. The molecule has 0 aliphatic carbocycles. The van der Waals surface area contributed by atoms with Gasteiger partial charge in [-0.1, -0.05) is 60.7 Å². The number of fused-ring (bicyclic) bond motifs is 2. The summed E-state index contributed by atoms with van der Waals surface area (Å²) in [6.07, 6.45) is 1.52. The Bertz CT molecular complexity index is 1570. The largest absolute Gasteiger partial charge is 0.443 e. The Morgan fingerprint density at radius 3 is 2.31 bits per heavy atom. The molecule has 0 spiro atoms. The summed E-state index contributed by atoms with van der Waals surface area (Å²) in [4.78, 5) is 4.39. The zero-order valence-corrected chi connectivity index (χ0v) is 18.0. The maximum atomic E-state index is 5.87. The number of hydrogen-bond donors (Lipinski definition) is 0. The molecule has 0 N–H and O–H groups in total. The van der Waals surface area contributed by atoms with Crippen LogP contribution in [-0.4, -0.2) is 9.55 Å². The minimum absolute atomic E-state index is 0.811. The predicted molar refractivity (Wildman–Crippen MR) is 128 cm³/mol. The predicted octanol–water partition coefficient (Wildman–Crippen LogP) is 6.24. The van der Waals surface area contributed by atoms with Gasteiger partial charge in [0.15, 0.2) is 23.0 Å². The van der Waals surface area contributed by atoms with Crippen LogP contribution in [-0.2, 0) is 7.05 Å². The standard InChI is InChI=1S/C28H22N3O/c1-19-12-17-23-27(32-18-29-23)26(19)28-30(2)24-10-6-7-11-25(24)31(28)22-15-13-21(14-16-22)20-8-4-3-5-9-20/h3-18H,1-2H3/q+1. The molecule has 4 nitrogen and oxygen atoms in total. The van der Waals surface area contributed by atoms with Crippen LogP contribution in [0.15, 0.2) is 102 Å². The van der Waals surface area contributed by atoms with Gasteiger partial charge in [-0.25, -0.2) is 9.55 Å². The average Bonchev–Trinajstić information content (AvgIpc) is 3.43. The summed E-state index contributed by atoms with van der Waals surface area (Å²) in [6.45, 7) is 2.12. The van der Waals surface area contributed by atoms with Crippen molar-refractivity contribution in [1.29, 1.82) is 0 Å². The SMILES string of the molecule is Cc1ccc2ncoc2c1-c1n(-c2ccc(-c3ccccc3)cc2)c2ccccc2[n+]1C. The van der Waals surface area contributed by atoms with E-state index in [1.165, 1.54) is 17.5 Å². The zero-order valence-electron chi connectivity index (χ0n) is 18.0. The second-order valence-corrected chi connectivity index (χ2v) is 8.08. The second-order valence-electron chi connectivity index (χ2n) is 8.08. The Balaban J connectivity index is 1.64. The topological polar surface area (TPSA) is 34.8 Å². The van der Waals surface area contributed by atoms with Gasteiger partial charge >= 0.3 is 0 Å². The lowest BCUT2D eigenvalue weighted by atomic mass is 10.0. The second kappa shape index (κ2) is 7.20. The van der Waals surface area contributed by atoms with Crippen LogP contribution in [0.4, 0.5) is 0 Å². The highest BCUT2D eigenvalue weighted by atomic mass is 16.3. The van der Waals surface area contributed by atoms with Crippen LogP contribution < -0.4 is 4.57 Å². The van der Waals surface area contributed by atoms with E-state index in [-0.39, 0.29) is 0 Å². The van der Waals surface area contributed by atoms with Crippen molar-refractivity contribution in [2.45, 2.75) is 6.92 Å². The molecule has 0 atom stereocenters. The van der Waals surface area contributed by atoms with Gasteiger partial charge in [0.05, 0.1) is 7.05 Å². The van der Waals surface area contributed by atoms with E-state index in [9.17, 15) is 0 Å². The number of oxazole rings is 1. The smallest absolute Gasteiger partial charge is 0.299 e. The van der Waals surface area contributed by atoms with E-state index in [2.05, 4.69) is 107 Å². The fourth-order valence-corrected chi connectivity index (χ4v) is 4.59. The number of imidazole rings is 1. The van der Waals surface area contributed by atoms with Crippen LogP contribution in [0.2, 0.25) is 0 Å². The van der Waals surface area contributed by atoms with Crippen molar-refractivity contribution in [3.05, 3.63) is 103 Å². The van der Waals surface area contributed by atoms with E-state index < -0.39 is 0 Å². The summed E-state index contributed by atoms with van der Waals surface area (Å²) < 4.78 is 10.4. The lowest BCUT2D eigenvalue weighted by Gasteiger charge is -2.08. The Labute approximate surface area is 186 Å². The fourth-order valence-electron chi connectivity index (χ4n) is 4.59. The van der Waals surface area contributed by atoms with Crippen molar-refractivity contribution >= 4 is 22.1 Å². The molecule has 154 valence electrons. The van der Waals surface area contributed by atoms with Crippen LogP contribution in [0.25, 0.3) is 50.3 Å². The van der Waals surface area contributed by atoms with Gasteiger partial charge in [-0.15, -0.1) is 0 Å². The number of para-hydroxylation sites is 2. The monoisotopic (exact) mass is 416 g/mol. The average molecular weight is 417 g/mol. The van der Waals surface area contributed by atoms with Gasteiger partial charge in [-0.3, -0.25) is 0 Å². The maximum absolute atomic E-state index is 5.87. The fraction of sp³-hybridized carbons (Fsp3) is 0.0714. The molecule has 4 heteroatoms. The third-order valence-corrected chi connectivity index (χ3v) is 6.18. The highest BCUT2D eigenvalue weighted by Gasteiger charge is 2.29. The molecule has 4 aromatic carbocycles. The van der Waals surface area contributed by atoms with Crippen molar-refractivity contribution in [3.8, 4) is 28.2 Å². The lowest BCUT2D eigenvalue weighted by Crippen LogP contribution is -2.30. The van der Waals surface area contributed by atoms with Gasteiger partial charge in [0.2, 0.25) is 0 Å². The third-order valence-electron chi connectivity index (χ3n) is 6.18. The minimum atomic E-state index is 0.811. The molecular weight excluding hydrogens is 394 g/mol. The van der Waals surface area contributed by atoms with Crippen LogP contribution >= 0.6 is 0 Å². The summed E-state index contributed by atoms with van der Waals surface area (Å²) in [6, 6.07) is 31.8. The summed E-state index contributed by atoms with van der Waals surface area (Å²) in [5.74, 6) is 1.07. The van der Waals surface area contributed by atoms with Gasteiger partial charge in [-0.2, -0.15) is 4.57 Å². The Kier molecular flexibility index (Phi) is 4.18. The number of hydrogen-bond acceptors (Lipinski definition) is 2. The number of aryl methyl sites for hydroxylation is 2. The van der Waals surface area contributed by atoms with Crippen LogP contribution in [0, 0.1) is 6.92 Å². The van der Waals surface area contributed by atoms with Crippen molar-refractivity contribution in [1.82, 2.24) is 9.55 Å². The first-order chi connectivity index (χ1) is 15.7. The van der Waals surface area contributed by atoms with E-state index in [1.54, 1.807) is 0 Å². The van der Waals surface area contributed by atoms with E-state index in [4.69, 9.17) is 4.42 Å². The Hall–Kier alpha value is -4.18. The molecule has 0 radical (unpaired) electrons. The molecule has 6 aromatic rings. The molecule has 0 fully saturated rings. The number of rotatable bonds is 3. The number of aromatic nitrogens is 3. The minimum Gasteiger partial charge on any atom is -0.443 e. The van der Waals surface area contributed by atoms with Gasteiger partial charge < -0.3 is 4.42 Å². The molecule has 0 aliphatic heterocycles. The zero-order chi connectivity index (χ0) is 21.7. The van der Waals surface area contributed by atoms with Gasteiger partial charge in [0, 0.05) is 0 Å². The molecule has 0 amide bonds. The van der Waals surface area contributed by atoms with Gasteiger partial charge in [0.25, 0.3) is 5.82 Å². The highest BCUT2D eigenvalue weighted by Crippen LogP contribution is 2.34. The molecule has 0 saturated carbocycles. The summed E-state index contributed by atoms with van der Waals surface area (Å²) in [7, 11) is 2.11. The molecule has 6 rings (SSSR count). The van der Waals surface area contributed by atoms with Crippen LogP contribution in [0.5, 0.6) is 0 Å². The molecule has 0 bridgehead atoms. The first-order valence-electron chi connectivity index (χ1n) is 10.7. The number of benzene rings is 4.